The molecule has 1 unspecified atom stereocenters. The SMILES string of the molecule is CCC(OOC(=O)Cc1ccccc1)N(C(C)C)C(C)C. The predicted molar refractivity (Wildman–Crippen MR) is 83.5 cm³/mol. The highest BCUT2D eigenvalue weighted by atomic mass is 17.2. The fourth-order valence-electron chi connectivity index (χ4n) is 2.49. The normalized spacial score (nSPS) is 13.0. The fraction of sp³-hybridized carbons (Fsp3) is 0.588. The summed E-state index contributed by atoms with van der Waals surface area (Å²) in [6, 6.07) is 10.2. The molecule has 21 heavy (non-hydrogen) atoms. The molecular weight excluding hydrogens is 266 g/mol. The maximum Gasteiger partial charge on any atom is 0.346 e. The van der Waals surface area contributed by atoms with Crippen molar-refractivity contribution < 1.29 is 14.6 Å². The van der Waals surface area contributed by atoms with E-state index in [2.05, 4.69) is 32.6 Å². The average Bonchev–Trinajstić information content (AvgIpc) is 2.43. The maximum atomic E-state index is 11.8. The average molecular weight is 293 g/mol. The van der Waals surface area contributed by atoms with Crippen LogP contribution < -0.4 is 0 Å². The van der Waals surface area contributed by atoms with Gasteiger partial charge in [-0.25, -0.2) is 4.79 Å². The summed E-state index contributed by atoms with van der Waals surface area (Å²) in [7, 11) is 0. The first kappa shape index (κ1) is 17.7. The standard InChI is InChI=1S/C17H27NO3/c1-6-16(18(13(2)3)14(4)5)20-21-17(19)12-15-10-8-7-9-11-15/h7-11,13-14,16H,6,12H2,1-5H3. The van der Waals surface area contributed by atoms with Crippen LogP contribution in [0, 0.1) is 0 Å². The Balaban J connectivity index is 2.52. The first-order valence-corrected chi connectivity index (χ1v) is 7.63. The fourth-order valence-corrected chi connectivity index (χ4v) is 2.49. The number of rotatable bonds is 8. The van der Waals surface area contributed by atoms with Gasteiger partial charge in [0.2, 0.25) is 0 Å². The van der Waals surface area contributed by atoms with Crippen LogP contribution in [0.3, 0.4) is 0 Å². The minimum Gasteiger partial charge on any atom is -0.296 e. The van der Waals surface area contributed by atoms with Gasteiger partial charge in [0.15, 0.2) is 6.23 Å². The molecule has 0 saturated carbocycles. The van der Waals surface area contributed by atoms with Gasteiger partial charge in [-0.2, -0.15) is 4.89 Å². The number of hydrogen-bond donors (Lipinski definition) is 0. The van der Waals surface area contributed by atoms with E-state index in [4.69, 9.17) is 9.78 Å². The quantitative estimate of drug-likeness (QED) is 0.417. The molecule has 1 aromatic rings. The van der Waals surface area contributed by atoms with E-state index in [0.717, 1.165) is 12.0 Å². The molecule has 118 valence electrons. The van der Waals surface area contributed by atoms with E-state index >= 15 is 0 Å². The van der Waals surface area contributed by atoms with Gasteiger partial charge in [0, 0.05) is 12.1 Å². The molecule has 0 fully saturated rings. The van der Waals surface area contributed by atoms with Crippen LogP contribution in [0.15, 0.2) is 30.3 Å². The minimum absolute atomic E-state index is 0.218. The Morgan fingerprint density at radius 2 is 1.67 bits per heavy atom. The van der Waals surface area contributed by atoms with E-state index in [1.165, 1.54) is 0 Å². The molecule has 1 aromatic carbocycles. The zero-order chi connectivity index (χ0) is 15.8. The second kappa shape index (κ2) is 8.80. The Bertz CT molecular complexity index is 409. The summed E-state index contributed by atoms with van der Waals surface area (Å²) in [6.07, 6.45) is 0.764. The van der Waals surface area contributed by atoms with Crippen LogP contribution in [-0.2, 0) is 21.0 Å². The molecule has 0 aromatic heterocycles. The minimum atomic E-state index is -0.368. The number of carbonyl (C=O) groups is 1. The van der Waals surface area contributed by atoms with Gasteiger partial charge in [-0.3, -0.25) is 9.79 Å². The molecule has 0 aliphatic heterocycles. The molecule has 0 N–H and O–H groups in total. The van der Waals surface area contributed by atoms with E-state index in [-0.39, 0.29) is 18.6 Å². The van der Waals surface area contributed by atoms with Crippen LogP contribution in [0.5, 0.6) is 0 Å². The zero-order valence-corrected chi connectivity index (χ0v) is 13.7. The third-order valence-electron chi connectivity index (χ3n) is 3.32. The lowest BCUT2D eigenvalue weighted by molar-refractivity contribution is -0.330. The van der Waals surface area contributed by atoms with Crippen LogP contribution in [-0.4, -0.2) is 29.2 Å². The molecule has 0 heterocycles. The highest BCUT2D eigenvalue weighted by Gasteiger charge is 2.25. The van der Waals surface area contributed by atoms with Crippen molar-refractivity contribution in [2.75, 3.05) is 0 Å². The van der Waals surface area contributed by atoms with Crippen molar-refractivity contribution in [3.8, 4) is 0 Å². The highest BCUT2D eigenvalue weighted by Crippen LogP contribution is 2.15. The Labute approximate surface area is 128 Å². The Hall–Kier alpha value is -1.39. The van der Waals surface area contributed by atoms with Crippen molar-refractivity contribution in [2.45, 2.75) is 65.8 Å². The number of hydrogen-bond acceptors (Lipinski definition) is 4. The van der Waals surface area contributed by atoms with Gasteiger partial charge in [0.05, 0.1) is 6.42 Å². The number of nitrogens with zero attached hydrogens (tertiary/aromatic N) is 1. The van der Waals surface area contributed by atoms with Crippen molar-refractivity contribution in [1.29, 1.82) is 0 Å². The van der Waals surface area contributed by atoms with Crippen LogP contribution in [0.4, 0.5) is 0 Å². The van der Waals surface area contributed by atoms with E-state index < -0.39 is 0 Å². The molecule has 0 radical (unpaired) electrons. The zero-order valence-electron chi connectivity index (χ0n) is 13.7. The van der Waals surface area contributed by atoms with Gasteiger partial charge in [-0.05, 0) is 39.7 Å². The van der Waals surface area contributed by atoms with Crippen LogP contribution in [0.25, 0.3) is 0 Å². The molecule has 0 spiro atoms. The molecule has 0 aliphatic carbocycles. The third kappa shape index (κ3) is 5.86. The van der Waals surface area contributed by atoms with E-state index in [1.807, 2.05) is 37.3 Å². The van der Waals surface area contributed by atoms with E-state index in [9.17, 15) is 4.79 Å². The highest BCUT2D eigenvalue weighted by molar-refractivity contribution is 5.71. The second-order valence-electron chi connectivity index (χ2n) is 5.71. The molecular formula is C17H27NO3. The smallest absolute Gasteiger partial charge is 0.296 e. The van der Waals surface area contributed by atoms with Crippen molar-refractivity contribution in [2.24, 2.45) is 0 Å². The molecule has 1 atom stereocenters. The molecule has 0 amide bonds. The molecule has 4 nitrogen and oxygen atoms in total. The Morgan fingerprint density at radius 3 is 2.14 bits per heavy atom. The van der Waals surface area contributed by atoms with Crippen LogP contribution in [0.1, 0.15) is 46.6 Å². The van der Waals surface area contributed by atoms with Crippen LogP contribution in [0.2, 0.25) is 0 Å². The lowest BCUT2D eigenvalue weighted by Crippen LogP contribution is -2.46. The monoisotopic (exact) mass is 293 g/mol. The van der Waals surface area contributed by atoms with Crippen molar-refractivity contribution in [3.05, 3.63) is 35.9 Å². The number of carbonyl (C=O) groups excluding carboxylic acids is 1. The lowest BCUT2D eigenvalue weighted by atomic mass is 10.2. The Kier molecular flexibility index (Phi) is 7.40. The largest absolute Gasteiger partial charge is 0.346 e. The van der Waals surface area contributed by atoms with Gasteiger partial charge in [-0.15, -0.1) is 0 Å². The molecule has 4 heteroatoms. The van der Waals surface area contributed by atoms with Gasteiger partial charge in [-0.1, -0.05) is 37.3 Å². The molecule has 0 saturated heterocycles. The molecule has 0 aliphatic rings. The molecule has 0 bridgehead atoms. The summed E-state index contributed by atoms with van der Waals surface area (Å²) < 4.78 is 0. The molecule has 1 rings (SSSR count). The summed E-state index contributed by atoms with van der Waals surface area (Å²) in [5.41, 5.74) is 0.920. The van der Waals surface area contributed by atoms with Crippen molar-refractivity contribution in [1.82, 2.24) is 4.90 Å². The van der Waals surface area contributed by atoms with Gasteiger partial charge in [0.25, 0.3) is 0 Å². The first-order chi connectivity index (χ1) is 9.95. The van der Waals surface area contributed by atoms with Gasteiger partial charge >= 0.3 is 5.97 Å². The lowest BCUT2D eigenvalue weighted by Gasteiger charge is -2.35. The number of benzene rings is 1. The maximum absolute atomic E-state index is 11.8. The van der Waals surface area contributed by atoms with Gasteiger partial charge in [0.1, 0.15) is 0 Å². The summed E-state index contributed by atoms with van der Waals surface area (Å²) in [4.78, 5) is 24.4. The Morgan fingerprint density at radius 1 is 1.10 bits per heavy atom. The predicted octanol–water partition coefficient (Wildman–Crippen LogP) is 3.56. The summed E-state index contributed by atoms with van der Waals surface area (Å²) in [5, 5.41) is 0. The topological polar surface area (TPSA) is 38.8 Å². The van der Waals surface area contributed by atoms with Crippen LogP contribution >= 0.6 is 0 Å². The summed E-state index contributed by atoms with van der Waals surface area (Å²) in [5.74, 6) is -0.368. The van der Waals surface area contributed by atoms with Crippen molar-refractivity contribution >= 4 is 5.97 Å². The van der Waals surface area contributed by atoms with E-state index in [0.29, 0.717) is 12.1 Å². The van der Waals surface area contributed by atoms with Crippen molar-refractivity contribution in [3.63, 3.8) is 0 Å². The first-order valence-electron chi connectivity index (χ1n) is 7.63. The summed E-state index contributed by atoms with van der Waals surface area (Å²) >= 11 is 0. The van der Waals surface area contributed by atoms with Gasteiger partial charge < -0.3 is 0 Å². The third-order valence-corrected chi connectivity index (χ3v) is 3.32. The summed E-state index contributed by atoms with van der Waals surface area (Å²) in [6.45, 7) is 10.5. The second-order valence-corrected chi connectivity index (χ2v) is 5.71. The van der Waals surface area contributed by atoms with E-state index in [1.54, 1.807) is 0 Å².